The van der Waals surface area contributed by atoms with Crippen LogP contribution < -0.4 is 10.1 Å². The van der Waals surface area contributed by atoms with Gasteiger partial charge >= 0.3 is 0 Å². The van der Waals surface area contributed by atoms with Crippen molar-refractivity contribution in [3.05, 3.63) is 28.2 Å². The van der Waals surface area contributed by atoms with Gasteiger partial charge in [0, 0.05) is 18.7 Å². The van der Waals surface area contributed by atoms with Crippen molar-refractivity contribution >= 4 is 35.0 Å². The van der Waals surface area contributed by atoms with Gasteiger partial charge in [0.25, 0.3) is 5.91 Å². The summed E-state index contributed by atoms with van der Waals surface area (Å²) in [6.45, 7) is 5.42. The Hall–Kier alpha value is -1.46. The fourth-order valence-electron chi connectivity index (χ4n) is 1.58. The first-order valence-corrected chi connectivity index (χ1v) is 7.47. The van der Waals surface area contributed by atoms with E-state index in [-0.39, 0.29) is 30.5 Å². The number of nitrogens with one attached hydrogen (secondary N) is 1. The Morgan fingerprint density at radius 2 is 1.86 bits per heavy atom. The van der Waals surface area contributed by atoms with Crippen LogP contribution in [-0.4, -0.2) is 42.5 Å². The monoisotopic (exact) mass is 346 g/mol. The maximum absolute atomic E-state index is 11.9. The number of nitrogens with zero attached hydrogens (tertiary/aromatic N) is 1. The predicted molar refractivity (Wildman–Crippen MR) is 87.5 cm³/mol. The van der Waals surface area contributed by atoms with E-state index in [1.165, 1.54) is 11.0 Å². The van der Waals surface area contributed by atoms with Crippen molar-refractivity contribution in [1.29, 1.82) is 0 Å². The van der Waals surface area contributed by atoms with Gasteiger partial charge in [-0.25, -0.2) is 0 Å². The van der Waals surface area contributed by atoms with Gasteiger partial charge in [-0.05, 0) is 32.9 Å². The molecule has 1 rings (SSSR count). The van der Waals surface area contributed by atoms with E-state index in [4.69, 9.17) is 27.9 Å². The quantitative estimate of drug-likeness (QED) is 0.891. The SMILES string of the molecule is CN(CC(=O)NC(C)(C)C)C(=O)COc1ccc(Cl)c(Cl)c1. The Labute approximate surface area is 140 Å². The topological polar surface area (TPSA) is 58.6 Å². The molecule has 0 aliphatic rings. The van der Waals surface area contributed by atoms with Crippen molar-refractivity contribution in [1.82, 2.24) is 10.2 Å². The standard InChI is InChI=1S/C15H20Cl2N2O3/c1-15(2,3)18-13(20)8-19(4)14(21)9-22-10-5-6-11(16)12(17)7-10/h5-7H,8-9H2,1-4H3,(H,18,20). The van der Waals surface area contributed by atoms with Gasteiger partial charge in [-0.3, -0.25) is 9.59 Å². The molecule has 0 bridgehead atoms. The summed E-state index contributed by atoms with van der Waals surface area (Å²) in [4.78, 5) is 25.0. The lowest BCUT2D eigenvalue weighted by molar-refractivity contribution is -0.136. The third-order valence-electron chi connectivity index (χ3n) is 2.57. The molecule has 1 aromatic carbocycles. The molecule has 0 spiro atoms. The maximum Gasteiger partial charge on any atom is 0.260 e. The fourth-order valence-corrected chi connectivity index (χ4v) is 1.87. The van der Waals surface area contributed by atoms with Crippen molar-refractivity contribution in [2.24, 2.45) is 0 Å². The van der Waals surface area contributed by atoms with Crippen LogP contribution in [0, 0.1) is 0 Å². The first-order chi connectivity index (χ1) is 10.1. The summed E-state index contributed by atoms with van der Waals surface area (Å²) in [6.07, 6.45) is 0. The van der Waals surface area contributed by atoms with E-state index >= 15 is 0 Å². The summed E-state index contributed by atoms with van der Waals surface area (Å²) in [5, 5.41) is 3.55. The average molecular weight is 347 g/mol. The van der Waals surface area contributed by atoms with E-state index in [1.54, 1.807) is 19.2 Å². The van der Waals surface area contributed by atoms with Gasteiger partial charge in [0.2, 0.25) is 5.91 Å². The Kier molecular flexibility index (Phi) is 6.50. The van der Waals surface area contributed by atoms with Crippen LogP contribution in [0.5, 0.6) is 5.75 Å². The Morgan fingerprint density at radius 1 is 1.23 bits per heavy atom. The van der Waals surface area contributed by atoms with Gasteiger partial charge in [-0.15, -0.1) is 0 Å². The number of rotatable bonds is 5. The summed E-state index contributed by atoms with van der Waals surface area (Å²) in [5.41, 5.74) is -0.336. The molecule has 7 heteroatoms. The second kappa shape index (κ2) is 7.70. The number of benzene rings is 1. The van der Waals surface area contributed by atoms with E-state index in [2.05, 4.69) is 5.32 Å². The molecule has 5 nitrogen and oxygen atoms in total. The van der Waals surface area contributed by atoms with Crippen molar-refractivity contribution in [2.45, 2.75) is 26.3 Å². The number of halogens is 2. The third-order valence-corrected chi connectivity index (χ3v) is 3.31. The zero-order chi connectivity index (χ0) is 16.9. The number of hydrogen-bond acceptors (Lipinski definition) is 3. The molecule has 122 valence electrons. The summed E-state index contributed by atoms with van der Waals surface area (Å²) < 4.78 is 5.34. The number of ether oxygens (including phenoxy) is 1. The second-order valence-corrected chi connectivity index (χ2v) is 6.73. The molecule has 0 saturated heterocycles. The Balaban J connectivity index is 2.47. The van der Waals surface area contributed by atoms with Crippen molar-refractivity contribution in [3.8, 4) is 5.75 Å². The fraction of sp³-hybridized carbons (Fsp3) is 0.467. The molecule has 0 heterocycles. The highest BCUT2D eigenvalue weighted by Crippen LogP contribution is 2.26. The minimum absolute atomic E-state index is 0.0269. The molecule has 2 amide bonds. The van der Waals surface area contributed by atoms with E-state index in [1.807, 2.05) is 20.8 Å². The average Bonchev–Trinajstić information content (AvgIpc) is 2.37. The molecule has 1 aromatic rings. The smallest absolute Gasteiger partial charge is 0.260 e. The maximum atomic E-state index is 11.9. The molecule has 0 atom stereocenters. The van der Waals surface area contributed by atoms with Gasteiger partial charge in [0.05, 0.1) is 16.6 Å². The Morgan fingerprint density at radius 3 is 2.41 bits per heavy atom. The third kappa shape index (κ3) is 6.54. The normalized spacial score (nSPS) is 11.0. The van der Waals surface area contributed by atoms with Crippen molar-refractivity contribution in [3.63, 3.8) is 0 Å². The molecule has 0 aromatic heterocycles. The summed E-state index contributed by atoms with van der Waals surface area (Å²) in [7, 11) is 1.54. The highest BCUT2D eigenvalue weighted by molar-refractivity contribution is 6.42. The molecule has 0 fully saturated rings. The molecule has 0 radical (unpaired) electrons. The van der Waals surface area contributed by atoms with Crippen LogP contribution in [0.3, 0.4) is 0 Å². The number of hydrogen-bond donors (Lipinski definition) is 1. The number of carbonyl (C=O) groups excluding carboxylic acids is 2. The zero-order valence-corrected chi connectivity index (χ0v) is 14.6. The lowest BCUT2D eigenvalue weighted by atomic mass is 10.1. The number of likely N-dealkylation sites (N-methyl/N-ethyl adjacent to an activating group) is 1. The first kappa shape index (κ1) is 18.6. The van der Waals surface area contributed by atoms with Crippen LogP contribution in [0.1, 0.15) is 20.8 Å². The van der Waals surface area contributed by atoms with Gasteiger partial charge in [0.15, 0.2) is 6.61 Å². The van der Waals surface area contributed by atoms with Crippen LogP contribution in [0.4, 0.5) is 0 Å². The molecule has 22 heavy (non-hydrogen) atoms. The lowest BCUT2D eigenvalue weighted by Gasteiger charge is -2.23. The van der Waals surface area contributed by atoms with Crippen LogP contribution in [-0.2, 0) is 9.59 Å². The highest BCUT2D eigenvalue weighted by Gasteiger charge is 2.18. The van der Waals surface area contributed by atoms with E-state index in [0.29, 0.717) is 15.8 Å². The minimum Gasteiger partial charge on any atom is -0.484 e. The second-order valence-electron chi connectivity index (χ2n) is 5.91. The Bertz CT molecular complexity index is 556. The molecular weight excluding hydrogens is 327 g/mol. The highest BCUT2D eigenvalue weighted by atomic mass is 35.5. The van der Waals surface area contributed by atoms with Gasteiger partial charge in [-0.2, -0.15) is 0 Å². The van der Waals surface area contributed by atoms with Crippen molar-refractivity contribution < 1.29 is 14.3 Å². The van der Waals surface area contributed by atoms with Gasteiger partial charge in [-0.1, -0.05) is 23.2 Å². The molecule has 0 saturated carbocycles. The van der Waals surface area contributed by atoms with E-state index in [9.17, 15) is 9.59 Å². The lowest BCUT2D eigenvalue weighted by Crippen LogP contribution is -2.47. The van der Waals surface area contributed by atoms with Gasteiger partial charge < -0.3 is 15.0 Å². The molecule has 0 aliphatic carbocycles. The largest absolute Gasteiger partial charge is 0.484 e. The number of carbonyl (C=O) groups is 2. The van der Waals surface area contributed by atoms with E-state index in [0.717, 1.165) is 0 Å². The van der Waals surface area contributed by atoms with Crippen LogP contribution in [0.25, 0.3) is 0 Å². The number of amides is 2. The predicted octanol–water partition coefficient (Wildman–Crippen LogP) is 2.75. The van der Waals surface area contributed by atoms with Crippen LogP contribution in [0.15, 0.2) is 18.2 Å². The first-order valence-electron chi connectivity index (χ1n) is 6.71. The zero-order valence-electron chi connectivity index (χ0n) is 13.1. The molecule has 0 aliphatic heterocycles. The summed E-state index contributed by atoms with van der Waals surface area (Å²) in [5.74, 6) is -0.0942. The molecule has 1 N–H and O–H groups in total. The van der Waals surface area contributed by atoms with Crippen LogP contribution >= 0.6 is 23.2 Å². The van der Waals surface area contributed by atoms with E-state index < -0.39 is 0 Å². The van der Waals surface area contributed by atoms with Crippen LogP contribution in [0.2, 0.25) is 10.0 Å². The minimum atomic E-state index is -0.336. The molecular formula is C15H20Cl2N2O3. The van der Waals surface area contributed by atoms with Crippen molar-refractivity contribution in [2.75, 3.05) is 20.2 Å². The summed E-state index contributed by atoms with van der Waals surface area (Å²) >= 11 is 11.7. The molecule has 0 unspecified atom stereocenters. The summed E-state index contributed by atoms with van der Waals surface area (Å²) in [6, 6.07) is 4.74. The van der Waals surface area contributed by atoms with Gasteiger partial charge in [0.1, 0.15) is 5.75 Å².